The molecule has 0 spiro atoms. The molecule has 30 heavy (non-hydrogen) atoms. The van der Waals surface area contributed by atoms with E-state index >= 15 is 0 Å². The number of halogens is 1. The second kappa shape index (κ2) is 8.93. The van der Waals surface area contributed by atoms with E-state index in [1.165, 1.54) is 11.8 Å². The number of nitrogens with zero attached hydrogens (tertiary/aromatic N) is 3. The Hall–Kier alpha value is -2.78. The van der Waals surface area contributed by atoms with Crippen LogP contribution in [0.2, 0.25) is 0 Å². The van der Waals surface area contributed by atoms with Crippen molar-refractivity contribution in [2.24, 2.45) is 0 Å². The highest BCUT2D eigenvalue weighted by molar-refractivity contribution is 9.10. The van der Waals surface area contributed by atoms with Gasteiger partial charge < -0.3 is 19.5 Å². The topological polar surface area (TPSA) is 78.4 Å². The number of benzene rings is 2. The number of hydrogen-bond donors (Lipinski definition) is 1. The molecule has 4 rings (SSSR count). The molecule has 1 aliphatic heterocycles. The summed E-state index contributed by atoms with van der Waals surface area (Å²) in [5.41, 5.74) is 3.14. The van der Waals surface area contributed by atoms with Crippen LogP contribution in [0.15, 0.2) is 58.7 Å². The van der Waals surface area contributed by atoms with Crippen LogP contribution >= 0.6 is 27.7 Å². The molecular weight excluding hydrogens is 468 g/mol. The number of nitrogens with one attached hydrogen (secondary N) is 1. The summed E-state index contributed by atoms with van der Waals surface area (Å²) in [7, 11) is 3.21. The maximum atomic E-state index is 6.28. The molecule has 0 unspecified atom stereocenters. The molecule has 1 atom stereocenters. The zero-order valence-corrected chi connectivity index (χ0v) is 18.8. The van der Waals surface area contributed by atoms with Crippen molar-refractivity contribution >= 4 is 33.4 Å². The van der Waals surface area contributed by atoms with Gasteiger partial charge in [0.2, 0.25) is 11.0 Å². The summed E-state index contributed by atoms with van der Waals surface area (Å²) in [5.74, 6) is 2.34. The number of thioether (sulfide) groups is 1. The molecule has 7 nitrogen and oxygen atoms in total. The van der Waals surface area contributed by atoms with Gasteiger partial charge in [-0.25, -0.2) is 0 Å². The van der Waals surface area contributed by atoms with Crippen LogP contribution in [0.4, 0.5) is 5.69 Å². The number of fused-ring (bicyclic) bond motifs is 3. The second-order valence-electron chi connectivity index (χ2n) is 6.29. The smallest absolute Gasteiger partial charge is 0.247 e. The zero-order chi connectivity index (χ0) is 21.1. The van der Waals surface area contributed by atoms with Crippen molar-refractivity contribution in [3.63, 3.8) is 0 Å². The predicted octanol–water partition coefficient (Wildman–Crippen LogP) is 5.10. The number of methoxy groups -OCH3 is 2. The molecule has 3 aromatic rings. The molecular formula is C21H19BrN4O3S. The summed E-state index contributed by atoms with van der Waals surface area (Å²) in [5, 5.41) is 12.6. The van der Waals surface area contributed by atoms with Gasteiger partial charge in [-0.3, -0.25) is 0 Å². The summed E-state index contributed by atoms with van der Waals surface area (Å²) in [6.45, 7) is 3.73. The Kier molecular flexibility index (Phi) is 6.10. The predicted molar refractivity (Wildman–Crippen MR) is 120 cm³/mol. The number of rotatable bonds is 6. The lowest BCUT2D eigenvalue weighted by atomic mass is 10.1. The normalized spacial score (nSPS) is 14.4. The number of anilines is 1. The van der Waals surface area contributed by atoms with Gasteiger partial charge in [0.15, 0.2) is 23.4 Å². The molecule has 2 heterocycles. The Morgan fingerprint density at radius 2 is 2.00 bits per heavy atom. The Bertz CT molecular complexity index is 1100. The van der Waals surface area contributed by atoms with Crippen LogP contribution in [-0.2, 0) is 0 Å². The lowest BCUT2D eigenvalue weighted by Crippen LogP contribution is -2.17. The van der Waals surface area contributed by atoms with Crippen molar-refractivity contribution in [2.45, 2.75) is 11.4 Å². The van der Waals surface area contributed by atoms with Crippen LogP contribution in [0.3, 0.4) is 0 Å². The van der Waals surface area contributed by atoms with Crippen LogP contribution in [0, 0.1) is 0 Å². The van der Waals surface area contributed by atoms with Crippen LogP contribution in [0.1, 0.15) is 11.8 Å². The first-order valence-corrected chi connectivity index (χ1v) is 10.8. The fourth-order valence-corrected chi connectivity index (χ4v) is 3.91. The molecule has 154 valence electrons. The average Bonchev–Trinajstić information content (AvgIpc) is 2.93. The Morgan fingerprint density at radius 3 is 2.77 bits per heavy atom. The maximum absolute atomic E-state index is 6.28. The van der Waals surface area contributed by atoms with E-state index in [1.807, 2.05) is 36.4 Å². The minimum Gasteiger partial charge on any atom is -0.493 e. The molecule has 1 aromatic heterocycles. The van der Waals surface area contributed by atoms with E-state index in [9.17, 15) is 0 Å². The summed E-state index contributed by atoms with van der Waals surface area (Å²) in [6, 6.07) is 11.5. The summed E-state index contributed by atoms with van der Waals surface area (Å²) in [4.78, 5) is 4.60. The van der Waals surface area contributed by atoms with Crippen molar-refractivity contribution in [1.82, 2.24) is 15.2 Å². The van der Waals surface area contributed by atoms with Crippen molar-refractivity contribution in [1.29, 1.82) is 0 Å². The lowest BCUT2D eigenvalue weighted by Gasteiger charge is -2.20. The van der Waals surface area contributed by atoms with Gasteiger partial charge in [0.25, 0.3) is 0 Å². The highest BCUT2D eigenvalue weighted by Gasteiger charge is 2.27. The van der Waals surface area contributed by atoms with Gasteiger partial charge in [-0.05, 0) is 36.4 Å². The van der Waals surface area contributed by atoms with Crippen molar-refractivity contribution in [3.05, 3.63) is 59.1 Å². The molecule has 0 saturated carbocycles. The summed E-state index contributed by atoms with van der Waals surface area (Å²) in [6.07, 6.45) is 1.28. The zero-order valence-electron chi connectivity index (χ0n) is 16.4. The van der Waals surface area contributed by atoms with Gasteiger partial charge in [-0.15, -0.1) is 16.8 Å². The molecule has 0 fully saturated rings. The lowest BCUT2D eigenvalue weighted by molar-refractivity contribution is 0.224. The number of ether oxygens (including phenoxy) is 3. The van der Waals surface area contributed by atoms with Crippen LogP contribution in [-0.4, -0.2) is 35.2 Å². The standard InChI is InChI=1S/C21H19BrN4O3S/c1-4-9-30-21-24-20-18(25-26-21)14-11-13(22)6-7-15(14)23-19(29-20)12-5-8-16(27-2)17(10-12)28-3/h4-8,10-11,19,23H,1,9H2,2-3H3/t19-/m0/s1. The Labute approximate surface area is 187 Å². The van der Waals surface area contributed by atoms with E-state index < -0.39 is 6.23 Å². The first kappa shape index (κ1) is 20.5. The van der Waals surface area contributed by atoms with E-state index in [0.29, 0.717) is 34.0 Å². The average molecular weight is 487 g/mol. The molecule has 9 heteroatoms. The highest BCUT2D eigenvalue weighted by Crippen LogP contribution is 2.41. The molecule has 0 amide bonds. The molecule has 1 aliphatic rings. The third-order valence-corrected chi connectivity index (χ3v) is 5.76. The molecule has 0 saturated heterocycles. The minimum absolute atomic E-state index is 0.403. The third kappa shape index (κ3) is 4.08. The molecule has 0 aliphatic carbocycles. The quantitative estimate of drug-likeness (QED) is 0.380. The van der Waals surface area contributed by atoms with Crippen LogP contribution in [0.25, 0.3) is 11.3 Å². The van der Waals surface area contributed by atoms with Crippen molar-refractivity contribution < 1.29 is 14.2 Å². The van der Waals surface area contributed by atoms with E-state index in [4.69, 9.17) is 14.2 Å². The van der Waals surface area contributed by atoms with Crippen LogP contribution < -0.4 is 19.5 Å². The van der Waals surface area contributed by atoms with E-state index in [-0.39, 0.29) is 0 Å². The Balaban J connectivity index is 1.81. The van der Waals surface area contributed by atoms with Crippen molar-refractivity contribution in [2.75, 3.05) is 25.3 Å². The van der Waals surface area contributed by atoms with Gasteiger partial charge in [0, 0.05) is 27.0 Å². The second-order valence-corrected chi connectivity index (χ2v) is 8.20. The van der Waals surface area contributed by atoms with E-state index in [2.05, 4.69) is 43.0 Å². The third-order valence-electron chi connectivity index (χ3n) is 4.43. The monoisotopic (exact) mass is 486 g/mol. The molecule has 1 N–H and O–H groups in total. The number of aromatic nitrogens is 3. The first-order valence-electron chi connectivity index (χ1n) is 9.06. The fourth-order valence-electron chi connectivity index (χ4n) is 3.03. The fraction of sp³-hybridized carbons (Fsp3) is 0.190. The molecule has 2 aromatic carbocycles. The van der Waals surface area contributed by atoms with Gasteiger partial charge in [0.05, 0.1) is 14.2 Å². The largest absolute Gasteiger partial charge is 0.493 e. The first-order chi connectivity index (χ1) is 14.6. The minimum atomic E-state index is -0.514. The summed E-state index contributed by atoms with van der Waals surface area (Å²) >= 11 is 4.97. The van der Waals surface area contributed by atoms with E-state index in [0.717, 1.165) is 21.3 Å². The van der Waals surface area contributed by atoms with Gasteiger partial charge in [0.1, 0.15) is 0 Å². The van der Waals surface area contributed by atoms with E-state index in [1.54, 1.807) is 20.3 Å². The maximum Gasteiger partial charge on any atom is 0.247 e. The van der Waals surface area contributed by atoms with Gasteiger partial charge in [-0.1, -0.05) is 33.8 Å². The number of hydrogen-bond acceptors (Lipinski definition) is 8. The SMILES string of the molecule is C=CCSc1nnc2c(n1)O[C@@H](c1ccc(OC)c(OC)c1)Nc1ccc(Br)cc1-2. The highest BCUT2D eigenvalue weighted by atomic mass is 79.9. The van der Waals surface area contributed by atoms with Gasteiger partial charge in [-0.2, -0.15) is 4.98 Å². The molecule has 0 radical (unpaired) electrons. The summed E-state index contributed by atoms with van der Waals surface area (Å²) < 4.78 is 18.0. The molecule has 0 bridgehead atoms. The van der Waals surface area contributed by atoms with Gasteiger partial charge >= 0.3 is 0 Å². The Morgan fingerprint density at radius 1 is 1.17 bits per heavy atom. The van der Waals surface area contributed by atoms with Crippen LogP contribution in [0.5, 0.6) is 17.4 Å². The van der Waals surface area contributed by atoms with Crippen molar-refractivity contribution in [3.8, 4) is 28.6 Å².